The molecule has 0 aliphatic heterocycles. The van der Waals surface area contributed by atoms with Crippen LogP contribution in [0, 0.1) is 0 Å². The highest BCUT2D eigenvalue weighted by molar-refractivity contribution is 7.66. The number of H-pyrrole nitrogens is 1. The predicted molar refractivity (Wildman–Crippen MR) is 109 cm³/mol. The van der Waals surface area contributed by atoms with Crippen molar-refractivity contribution in [1.82, 2.24) is 9.55 Å². The van der Waals surface area contributed by atoms with Gasteiger partial charge >= 0.3 is 29.2 Å². The zero-order valence-corrected chi connectivity index (χ0v) is 19.0. The van der Waals surface area contributed by atoms with Gasteiger partial charge in [0.1, 0.15) is 38.0 Å². The Morgan fingerprint density at radius 3 is 2.00 bits per heavy atom. The maximum atomic E-state index is 15.3. The summed E-state index contributed by atoms with van der Waals surface area (Å²) < 4.78 is 64.7. The molecule has 0 saturated heterocycles. The van der Waals surface area contributed by atoms with Crippen LogP contribution >= 0.6 is 23.5 Å². The summed E-state index contributed by atoms with van der Waals surface area (Å²) in [5, 5.41) is 15.0. The molecule has 0 bridgehead atoms. The molecule has 0 aromatic carbocycles. The smallest absolute Gasteiger partial charge is 0.392 e. The average molecular weight is 543 g/mol. The lowest BCUT2D eigenvalue weighted by atomic mass is 9.61. The normalized spacial score (nSPS) is 19.0. The number of halogens is 1. The van der Waals surface area contributed by atoms with E-state index in [0.29, 0.717) is 0 Å². The Hall–Kier alpha value is -0.840. The number of ether oxygens (including phenoxy) is 1. The summed E-state index contributed by atoms with van der Waals surface area (Å²) in [7, 11) is 3.13. The molecule has 0 amide bonds. The van der Waals surface area contributed by atoms with E-state index in [2.05, 4.69) is 17.9 Å². The van der Waals surface area contributed by atoms with Crippen LogP contribution in [0.15, 0.2) is 9.59 Å². The van der Waals surface area contributed by atoms with Gasteiger partial charge in [0.05, 0.1) is 12.0 Å². The minimum atomic E-state index is -6.17. The van der Waals surface area contributed by atoms with Crippen molar-refractivity contribution in [1.29, 1.82) is 0 Å². The van der Waals surface area contributed by atoms with Crippen molar-refractivity contribution >= 4 is 65.9 Å². The van der Waals surface area contributed by atoms with Crippen molar-refractivity contribution in [2.45, 2.75) is 17.5 Å². The number of alkyl halides is 1. The molecule has 7 N–H and O–H groups in total. The largest absolute Gasteiger partial charge is 0.490 e. The lowest BCUT2D eigenvalue weighted by molar-refractivity contribution is -0.261. The number of phosphoric ester groups is 1. The predicted octanol–water partition coefficient (Wildman–Crippen LogP) is -5.38. The van der Waals surface area contributed by atoms with Gasteiger partial charge in [-0.1, -0.05) is 0 Å². The average Bonchev–Trinajstić information content (AvgIpc) is 2.60. The van der Waals surface area contributed by atoms with E-state index in [9.17, 15) is 38.4 Å². The van der Waals surface area contributed by atoms with E-state index in [0.717, 1.165) is 0 Å². The zero-order valence-electron chi connectivity index (χ0n) is 16.3. The minimum absolute atomic E-state index is 0.154. The van der Waals surface area contributed by atoms with Crippen LogP contribution in [0.4, 0.5) is 4.39 Å². The second-order valence-corrected chi connectivity index (χ2v) is 10.4. The van der Waals surface area contributed by atoms with Crippen LogP contribution in [0.5, 0.6) is 0 Å². The molecular formula is C9H12B4FN2O15P3. The van der Waals surface area contributed by atoms with Crippen molar-refractivity contribution in [3.05, 3.63) is 20.8 Å². The quantitative estimate of drug-likeness (QED) is 0.0958. The van der Waals surface area contributed by atoms with Crippen molar-refractivity contribution < 1.29 is 65.8 Å². The summed E-state index contributed by atoms with van der Waals surface area (Å²) >= 11 is 0. The number of aromatic amines is 1. The van der Waals surface area contributed by atoms with Crippen LogP contribution in [0.2, 0.25) is 0 Å². The maximum Gasteiger partial charge on any atom is 0.490 e. The molecule has 8 radical (unpaired) electrons. The highest BCUT2D eigenvalue weighted by atomic mass is 31.3. The van der Waals surface area contributed by atoms with Gasteiger partial charge in [0, 0.05) is 0 Å². The summed E-state index contributed by atoms with van der Waals surface area (Å²) in [4.78, 5) is 60.6. The minimum Gasteiger partial charge on any atom is -0.392 e. The SMILES string of the molecule is [B]c1c([B])n(C(CO)O[C@@](F)(CO)C([B])([B])OP(=O)(O)OP(=O)(O)OP(=O)(O)O)c(=O)[nH]c1=O. The van der Waals surface area contributed by atoms with Gasteiger partial charge in [-0.3, -0.25) is 18.9 Å². The topological polar surface area (TPSA) is 264 Å². The Bertz CT molecular complexity index is 1170. The first kappa shape index (κ1) is 31.2. The van der Waals surface area contributed by atoms with Gasteiger partial charge in [0.25, 0.3) is 0 Å². The van der Waals surface area contributed by atoms with E-state index in [1.807, 2.05) is 0 Å². The number of aliphatic hydroxyl groups excluding tert-OH is 2. The Labute approximate surface area is 193 Å². The fourth-order valence-corrected chi connectivity index (χ4v) is 5.22. The second kappa shape index (κ2) is 10.6. The molecule has 3 unspecified atom stereocenters. The Morgan fingerprint density at radius 2 is 1.56 bits per heavy atom. The number of hydrogen-bond donors (Lipinski definition) is 7. The zero-order chi connectivity index (χ0) is 26.9. The molecule has 0 aliphatic carbocycles. The molecule has 1 heterocycles. The highest BCUT2D eigenvalue weighted by Gasteiger charge is 2.54. The number of phosphoric acid groups is 3. The number of nitrogens with zero attached hydrogens (tertiary/aromatic N) is 1. The molecule has 1 aromatic heterocycles. The monoisotopic (exact) mass is 544 g/mol. The van der Waals surface area contributed by atoms with Crippen LogP contribution in [0.25, 0.3) is 0 Å². The van der Waals surface area contributed by atoms with Gasteiger partial charge in [-0.2, -0.15) is 8.62 Å². The summed E-state index contributed by atoms with van der Waals surface area (Å²) in [6.45, 7) is -3.34. The third-order valence-electron chi connectivity index (χ3n) is 3.46. The number of hydrogen-bond acceptors (Lipinski definition) is 11. The molecule has 34 heavy (non-hydrogen) atoms. The molecule has 1 aromatic rings. The van der Waals surface area contributed by atoms with E-state index in [1.54, 1.807) is 4.98 Å². The first-order valence-corrected chi connectivity index (χ1v) is 12.5. The van der Waals surface area contributed by atoms with Crippen LogP contribution in [-0.4, -0.2) is 95.2 Å². The summed E-state index contributed by atoms with van der Waals surface area (Å²) in [5.74, 6) is -4.09. The first-order valence-electron chi connectivity index (χ1n) is 8.01. The third-order valence-corrected chi connectivity index (χ3v) is 7.32. The van der Waals surface area contributed by atoms with Gasteiger partial charge < -0.3 is 34.5 Å². The van der Waals surface area contributed by atoms with E-state index in [-0.39, 0.29) is 4.57 Å². The Morgan fingerprint density at radius 1 is 1.03 bits per heavy atom. The Balaban J connectivity index is 3.32. The van der Waals surface area contributed by atoms with Crippen molar-refractivity contribution in [3.63, 3.8) is 0 Å². The molecule has 25 heteroatoms. The molecular weight excluding hydrogens is 531 g/mol. The van der Waals surface area contributed by atoms with E-state index in [4.69, 9.17) is 46.1 Å². The fraction of sp³-hybridized carbons (Fsp3) is 0.556. The van der Waals surface area contributed by atoms with Gasteiger partial charge in [-0.15, -0.1) is 0 Å². The number of rotatable bonds is 12. The third kappa shape index (κ3) is 7.83. The number of aliphatic hydroxyl groups is 2. The summed E-state index contributed by atoms with van der Waals surface area (Å²) in [6.07, 6.45) is -2.31. The molecule has 182 valence electrons. The van der Waals surface area contributed by atoms with Crippen LogP contribution in [-0.2, 0) is 31.6 Å². The molecule has 0 aliphatic rings. The van der Waals surface area contributed by atoms with Crippen molar-refractivity contribution in [2.24, 2.45) is 0 Å². The fourth-order valence-electron chi connectivity index (χ4n) is 2.06. The molecule has 0 saturated carbocycles. The van der Waals surface area contributed by atoms with E-state index in [1.165, 1.54) is 0 Å². The van der Waals surface area contributed by atoms with Crippen LogP contribution in [0.1, 0.15) is 6.23 Å². The van der Waals surface area contributed by atoms with Gasteiger partial charge in [-0.25, -0.2) is 22.9 Å². The molecule has 0 spiro atoms. The second-order valence-electron chi connectivity index (χ2n) is 6.05. The van der Waals surface area contributed by atoms with Crippen LogP contribution < -0.4 is 22.3 Å². The standard InChI is InChI=1S/C9H12B4FN2O15P3/c10-4-5(11)16(7(20)15-6(4)19)3(1-17)28-8(14,2-18)9(12,13)29-33(24,25)31-34(26,27)30-32(21,22)23/h3,17-18H,1-2H2,(H,24,25)(H,26,27)(H,15,19,20)(H2,21,22,23)/t3?,8-/m0/s1. The van der Waals surface area contributed by atoms with E-state index >= 15 is 4.39 Å². The lowest BCUT2D eigenvalue weighted by Crippen LogP contribution is -2.61. The molecule has 17 nitrogen and oxygen atoms in total. The van der Waals surface area contributed by atoms with E-state index < -0.39 is 76.5 Å². The number of nitrogens with one attached hydrogen (secondary N) is 1. The van der Waals surface area contributed by atoms with Crippen LogP contribution in [0.3, 0.4) is 0 Å². The van der Waals surface area contributed by atoms with Gasteiger partial charge in [-0.05, 0) is 11.1 Å². The molecule has 1 rings (SSSR count). The summed E-state index contributed by atoms with van der Waals surface area (Å²) in [5.41, 5.74) is -4.27. The summed E-state index contributed by atoms with van der Waals surface area (Å²) in [6, 6.07) is 0. The molecule has 0 fully saturated rings. The lowest BCUT2D eigenvalue weighted by Gasteiger charge is -2.42. The number of aromatic nitrogens is 2. The van der Waals surface area contributed by atoms with Gasteiger partial charge in [0.2, 0.25) is 11.4 Å². The van der Waals surface area contributed by atoms with Gasteiger partial charge in [0.15, 0.2) is 6.23 Å². The Kier molecular flexibility index (Phi) is 9.77. The van der Waals surface area contributed by atoms with Crippen molar-refractivity contribution in [3.8, 4) is 0 Å². The van der Waals surface area contributed by atoms with Crippen molar-refractivity contribution in [2.75, 3.05) is 13.2 Å². The maximum absolute atomic E-state index is 15.3. The molecule has 4 atom stereocenters. The first-order chi connectivity index (χ1) is 15.1. The highest BCUT2D eigenvalue weighted by Crippen LogP contribution is 2.67.